The quantitative estimate of drug-likeness (QED) is 0.651. The van der Waals surface area contributed by atoms with Gasteiger partial charge in [-0.25, -0.2) is 4.79 Å². The number of carbonyl (C=O) groups excluding carboxylic acids is 2. The molecule has 1 aromatic heterocycles. The molecule has 0 aliphatic heterocycles. The Labute approximate surface area is 188 Å². The SMILES string of the molecule is C[C@]12CCC3C(CCC4=CC(=O)CC[C@@]43C)C1CCC2C(=O)On1nnc2ccccc21. The van der Waals surface area contributed by atoms with Gasteiger partial charge < -0.3 is 4.84 Å². The molecule has 3 fully saturated rings. The molecule has 6 nitrogen and oxygen atoms in total. The minimum absolute atomic E-state index is 0.0311. The van der Waals surface area contributed by atoms with Crippen LogP contribution in [0.2, 0.25) is 0 Å². The Morgan fingerprint density at radius 3 is 2.78 bits per heavy atom. The zero-order valence-corrected chi connectivity index (χ0v) is 18.9. The highest BCUT2D eigenvalue weighted by Crippen LogP contribution is 2.66. The number of rotatable bonds is 2. The monoisotopic (exact) mass is 433 g/mol. The van der Waals surface area contributed by atoms with E-state index < -0.39 is 0 Å². The summed E-state index contributed by atoms with van der Waals surface area (Å²) in [6.07, 6.45) is 9.98. The third-order valence-corrected chi connectivity index (χ3v) is 9.74. The van der Waals surface area contributed by atoms with Crippen LogP contribution in [0.15, 0.2) is 35.9 Å². The van der Waals surface area contributed by atoms with Crippen molar-refractivity contribution in [3.63, 3.8) is 0 Å². The Balaban J connectivity index is 1.25. The summed E-state index contributed by atoms with van der Waals surface area (Å²) in [5.41, 5.74) is 2.97. The van der Waals surface area contributed by atoms with Crippen molar-refractivity contribution in [3.05, 3.63) is 35.9 Å². The highest BCUT2D eigenvalue weighted by Gasteiger charge is 2.60. The standard InChI is InChI=1S/C26H31N3O3/c1-25-13-11-17(30)15-16(25)7-8-18-19-9-10-21(26(19,2)14-12-20(18)25)24(31)32-29-23-6-4-3-5-22(23)27-28-29/h3-6,15,18-21H,7-14H2,1-2H3/t18?,19?,20?,21?,25-,26-/m0/s1. The van der Waals surface area contributed by atoms with Crippen molar-refractivity contribution in [2.24, 2.45) is 34.5 Å². The van der Waals surface area contributed by atoms with Crippen LogP contribution in [0, 0.1) is 34.5 Å². The molecule has 3 saturated carbocycles. The molecule has 1 heterocycles. The Hall–Kier alpha value is -2.50. The normalized spacial score (nSPS) is 38.6. The lowest BCUT2D eigenvalue weighted by Crippen LogP contribution is -2.51. The van der Waals surface area contributed by atoms with Crippen molar-refractivity contribution in [1.29, 1.82) is 0 Å². The van der Waals surface area contributed by atoms with E-state index in [-0.39, 0.29) is 22.7 Å². The maximum Gasteiger partial charge on any atom is 0.338 e. The molecular formula is C26H31N3O3. The lowest BCUT2D eigenvalue weighted by Gasteiger charge is -2.57. The van der Waals surface area contributed by atoms with E-state index in [1.165, 1.54) is 10.4 Å². The largest absolute Gasteiger partial charge is 0.338 e. The van der Waals surface area contributed by atoms with E-state index in [4.69, 9.17) is 4.84 Å². The predicted octanol–water partition coefficient (Wildman–Crippen LogP) is 4.53. The van der Waals surface area contributed by atoms with Gasteiger partial charge in [0.2, 0.25) is 0 Å². The number of benzene rings is 1. The minimum Gasteiger partial charge on any atom is -0.317 e. The molecule has 0 spiro atoms. The van der Waals surface area contributed by atoms with Gasteiger partial charge in [0.05, 0.1) is 5.92 Å². The van der Waals surface area contributed by atoms with Crippen molar-refractivity contribution < 1.29 is 14.4 Å². The second-order valence-electron chi connectivity index (χ2n) is 11.0. The number of para-hydroxylation sites is 1. The molecule has 0 saturated heterocycles. The molecule has 2 aromatic rings. The average Bonchev–Trinajstić information content (AvgIpc) is 3.35. The van der Waals surface area contributed by atoms with Gasteiger partial charge in [-0.3, -0.25) is 4.79 Å². The van der Waals surface area contributed by atoms with Gasteiger partial charge in [-0.1, -0.05) is 36.4 Å². The molecule has 0 radical (unpaired) electrons. The summed E-state index contributed by atoms with van der Waals surface area (Å²) in [7, 11) is 0. The van der Waals surface area contributed by atoms with Crippen LogP contribution in [-0.4, -0.2) is 26.9 Å². The van der Waals surface area contributed by atoms with Crippen LogP contribution in [-0.2, 0) is 9.59 Å². The summed E-state index contributed by atoms with van der Waals surface area (Å²) in [4.78, 5) is 32.5. The van der Waals surface area contributed by atoms with Gasteiger partial charge >= 0.3 is 5.97 Å². The Bertz CT molecular complexity index is 1140. The van der Waals surface area contributed by atoms with Crippen molar-refractivity contribution in [2.75, 3.05) is 0 Å². The number of hydrogen-bond acceptors (Lipinski definition) is 5. The minimum atomic E-state index is -0.171. The molecule has 32 heavy (non-hydrogen) atoms. The summed E-state index contributed by atoms with van der Waals surface area (Å²) >= 11 is 0. The van der Waals surface area contributed by atoms with Gasteiger partial charge in [-0.2, -0.15) is 0 Å². The van der Waals surface area contributed by atoms with Crippen LogP contribution >= 0.6 is 0 Å². The summed E-state index contributed by atoms with van der Waals surface area (Å²) < 4.78 is 0. The average molecular weight is 434 g/mol. The highest BCUT2D eigenvalue weighted by molar-refractivity contribution is 5.91. The number of fused-ring (bicyclic) bond motifs is 6. The fourth-order valence-electron chi connectivity index (χ4n) is 8.01. The van der Waals surface area contributed by atoms with Crippen molar-refractivity contribution in [1.82, 2.24) is 15.2 Å². The van der Waals surface area contributed by atoms with Gasteiger partial charge in [-0.05, 0) is 97.0 Å². The molecule has 4 aliphatic carbocycles. The number of aromatic nitrogens is 3. The summed E-state index contributed by atoms with van der Waals surface area (Å²) in [6, 6.07) is 7.54. The van der Waals surface area contributed by atoms with Crippen LogP contribution in [0.1, 0.15) is 65.2 Å². The molecule has 6 heteroatoms. The van der Waals surface area contributed by atoms with E-state index in [0.717, 1.165) is 56.0 Å². The molecule has 4 unspecified atom stereocenters. The van der Waals surface area contributed by atoms with Crippen molar-refractivity contribution >= 4 is 22.8 Å². The van der Waals surface area contributed by atoms with Gasteiger partial charge in [0.15, 0.2) is 5.78 Å². The molecule has 4 aliphatic rings. The zero-order valence-electron chi connectivity index (χ0n) is 18.9. The van der Waals surface area contributed by atoms with Crippen LogP contribution in [0.4, 0.5) is 0 Å². The number of nitrogens with zero attached hydrogens (tertiary/aromatic N) is 3. The van der Waals surface area contributed by atoms with E-state index in [2.05, 4.69) is 24.2 Å². The number of carbonyl (C=O) groups is 2. The lowest BCUT2D eigenvalue weighted by atomic mass is 9.47. The van der Waals surface area contributed by atoms with Gasteiger partial charge in [0, 0.05) is 6.42 Å². The van der Waals surface area contributed by atoms with Gasteiger partial charge in [-0.15, -0.1) is 5.10 Å². The lowest BCUT2D eigenvalue weighted by molar-refractivity contribution is -0.157. The van der Waals surface area contributed by atoms with E-state index in [1.807, 2.05) is 30.3 Å². The fourth-order valence-corrected chi connectivity index (χ4v) is 8.01. The number of allylic oxidation sites excluding steroid dienone is 1. The van der Waals surface area contributed by atoms with Crippen LogP contribution in [0.25, 0.3) is 11.0 Å². The van der Waals surface area contributed by atoms with Gasteiger partial charge in [0.25, 0.3) is 0 Å². The first-order valence-electron chi connectivity index (χ1n) is 12.2. The number of ketones is 1. The Morgan fingerprint density at radius 1 is 1.06 bits per heavy atom. The molecular weight excluding hydrogens is 402 g/mol. The van der Waals surface area contributed by atoms with Crippen LogP contribution in [0.5, 0.6) is 0 Å². The topological polar surface area (TPSA) is 74.1 Å². The second kappa shape index (κ2) is 7.00. The molecule has 1 aromatic carbocycles. The van der Waals surface area contributed by atoms with E-state index in [0.29, 0.717) is 30.0 Å². The first-order valence-corrected chi connectivity index (χ1v) is 12.2. The zero-order chi connectivity index (χ0) is 22.1. The summed E-state index contributed by atoms with van der Waals surface area (Å²) in [5, 5.41) is 8.16. The molecule has 0 amide bonds. The summed E-state index contributed by atoms with van der Waals surface area (Å²) in [6.45, 7) is 4.73. The molecule has 0 N–H and O–H groups in total. The third kappa shape index (κ3) is 2.77. The molecule has 0 bridgehead atoms. The fraction of sp³-hybridized carbons (Fsp3) is 0.615. The maximum atomic E-state index is 13.3. The molecule has 6 rings (SSSR count). The van der Waals surface area contributed by atoms with Crippen molar-refractivity contribution in [3.8, 4) is 0 Å². The first kappa shape index (κ1) is 20.1. The first-order chi connectivity index (χ1) is 15.4. The van der Waals surface area contributed by atoms with Crippen LogP contribution < -0.4 is 4.84 Å². The molecule has 168 valence electrons. The Kier molecular flexibility index (Phi) is 4.40. The van der Waals surface area contributed by atoms with E-state index in [9.17, 15) is 9.59 Å². The smallest absolute Gasteiger partial charge is 0.317 e. The van der Waals surface area contributed by atoms with Crippen LogP contribution in [0.3, 0.4) is 0 Å². The van der Waals surface area contributed by atoms with E-state index >= 15 is 0 Å². The molecule has 6 atom stereocenters. The van der Waals surface area contributed by atoms with Gasteiger partial charge in [0.1, 0.15) is 11.0 Å². The van der Waals surface area contributed by atoms with E-state index in [1.54, 1.807) is 0 Å². The predicted molar refractivity (Wildman–Crippen MR) is 119 cm³/mol. The number of hydrogen-bond donors (Lipinski definition) is 0. The summed E-state index contributed by atoms with van der Waals surface area (Å²) in [5.74, 6) is 1.84. The maximum absolute atomic E-state index is 13.3. The Morgan fingerprint density at radius 2 is 1.91 bits per heavy atom. The van der Waals surface area contributed by atoms with Crippen molar-refractivity contribution in [2.45, 2.75) is 65.2 Å². The highest BCUT2D eigenvalue weighted by atomic mass is 16.7. The second-order valence-corrected chi connectivity index (χ2v) is 11.0. The third-order valence-electron chi connectivity index (χ3n) is 9.74.